The normalized spacial score (nSPS) is 20.2. The molecule has 0 aromatic heterocycles. The summed E-state index contributed by atoms with van der Waals surface area (Å²) in [5.41, 5.74) is -1.40. The lowest BCUT2D eigenvalue weighted by atomic mass is 9.87. The Morgan fingerprint density at radius 3 is 2.41 bits per heavy atom. The maximum absolute atomic E-state index is 12.6. The molecule has 1 nitrogen and oxygen atoms in total. The zero-order valence-corrected chi connectivity index (χ0v) is 9.94. The average molecular weight is 262 g/mol. The molecule has 0 radical (unpaired) electrons. The third-order valence-corrected chi connectivity index (χ3v) is 4.03. The number of rotatable bonds is 1. The van der Waals surface area contributed by atoms with Crippen molar-refractivity contribution in [2.75, 3.05) is 11.5 Å². The second-order valence-corrected chi connectivity index (χ2v) is 5.45. The predicted molar refractivity (Wildman–Crippen MR) is 61.9 cm³/mol. The first kappa shape index (κ1) is 12.8. The van der Waals surface area contributed by atoms with E-state index in [1.165, 1.54) is 6.07 Å². The molecule has 1 N–H and O–H groups in total. The summed E-state index contributed by atoms with van der Waals surface area (Å²) in [4.78, 5) is 0. The molecule has 94 valence electrons. The highest BCUT2D eigenvalue weighted by atomic mass is 32.2. The lowest BCUT2D eigenvalue weighted by Crippen LogP contribution is -2.30. The van der Waals surface area contributed by atoms with Crippen molar-refractivity contribution < 1.29 is 18.3 Å². The van der Waals surface area contributed by atoms with Gasteiger partial charge in [-0.05, 0) is 42.0 Å². The summed E-state index contributed by atoms with van der Waals surface area (Å²) in [7, 11) is 0. The summed E-state index contributed by atoms with van der Waals surface area (Å²) >= 11 is 1.72. The van der Waals surface area contributed by atoms with Crippen LogP contribution in [0.4, 0.5) is 13.2 Å². The summed E-state index contributed by atoms with van der Waals surface area (Å²) in [5.74, 6) is 1.57. The fraction of sp³-hybridized carbons (Fsp3) is 0.500. The molecule has 1 saturated heterocycles. The third kappa shape index (κ3) is 2.77. The van der Waals surface area contributed by atoms with E-state index in [0.29, 0.717) is 18.4 Å². The number of halogens is 3. The maximum atomic E-state index is 12.6. The molecular weight excluding hydrogens is 249 g/mol. The highest BCUT2D eigenvalue weighted by molar-refractivity contribution is 7.99. The topological polar surface area (TPSA) is 20.2 Å². The molecule has 1 aliphatic heterocycles. The minimum Gasteiger partial charge on any atom is -0.385 e. The Kier molecular flexibility index (Phi) is 3.41. The molecule has 1 fully saturated rings. The molecule has 0 amide bonds. The molecule has 1 aromatic carbocycles. The van der Waals surface area contributed by atoms with Crippen molar-refractivity contribution in [1.29, 1.82) is 0 Å². The lowest BCUT2D eigenvalue weighted by molar-refractivity contribution is -0.137. The van der Waals surface area contributed by atoms with E-state index in [1.807, 2.05) is 0 Å². The van der Waals surface area contributed by atoms with Crippen LogP contribution in [0, 0.1) is 0 Å². The predicted octanol–water partition coefficient (Wildman–Crippen LogP) is 3.42. The SMILES string of the molecule is OC1(c2cccc(C(F)(F)F)c2)CCSCC1. The van der Waals surface area contributed by atoms with Crippen LogP contribution < -0.4 is 0 Å². The van der Waals surface area contributed by atoms with E-state index in [2.05, 4.69) is 0 Å². The van der Waals surface area contributed by atoms with Crippen LogP contribution in [0.5, 0.6) is 0 Å². The van der Waals surface area contributed by atoms with Gasteiger partial charge in [0.05, 0.1) is 11.2 Å². The molecule has 0 spiro atoms. The van der Waals surface area contributed by atoms with Crippen LogP contribution in [0.3, 0.4) is 0 Å². The van der Waals surface area contributed by atoms with Crippen molar-refractivity contribution >= 4 is 11.8 Å². The quantitative estimate of drug-likeness (QED) is 0.836. The molecule has 1 heterocycles. The first-order chi connectivity index (χ1) is 7.92. The summed E-state index contributed by atoms with van der Waals surface area (Å²) in [6, 6.07) is 5.03. The van der Waals surface area contributed by atoms with Crippen molar-refractivity contribution in [1.82, 2.24) is 0 Å². The first-order valence-corrected chi connectivity index (χ1v) is 6.55. The molecular formula is C12H13F3OS. The molecule has 2 rings (SSSR count). The number of thioether (sulfide) groups is 1. The fourth-order valence-corrected chi connectivity index (χ4v) is 3.15. The fourth-order valence-electron chi connectivity index (χ4n) is 1.98. The van der Waals surface area contributed by atoms with Gasteiger partial charge in [-0.25, -0.2) is 0 Å². The van der Waals surface area contributed by atoms with Crippen LogP contribution in [0.25, 0.3) is 0 Å². The van der Waals surface area contributed by atoms with Crippen LogP contribution >= 0.6 is 11.8 Å². The first-order valence-electron chi connectivity index (χ1n) is 5.40. The molecule has 5 heteroatoms. The van der Waals surface area contributed by atoms with Gasteiger partial charge in [0.15, 0.2) is 0 Å². The Morgan fingerprint density at radius 1 is 1.18 bits per heavy atom. The number of aliphatic hydroxyl groups is 1. The van der Waals surface area contributed by atoms with Crippen molar-refractivity contribution in [3.05, 3.63) is 35.4 Å². The number of hydrogen-bond donors (Lipinski definition) is 1. The van der Waals surface area contributed by atoms with E-state index >= 15 is 0 Å². The molecule has 0 unspecified atom stereocenters. The molecule has 17 heavy (non-hydrogen) atoms. The van der Waals surface area contributed by atoms with Gasteiger partial charge in [0, 0.05) is 0 Å². The molecule has 0 saturated carbocycles. The van der Waals surface area contributed by atoms with Gasteiger partial charge in [-0.3, -0.25) is 0 Å². The Morgan fingerprint density at radius 2 is 1.82 bits per heavy atom. The zero-order valence-electron chi connectivity index (χ0n) is 9.13. The van der Waals surface area contributed by atoms with Gasteiger partial charge < -0.3 is 5.11 Å². The van der Waals surface area contributed by atoms with Crippen molar-refractivity contribution in [2.24, 2.45) is 0 Å². The largest absolute Gasteiger partial charge is 0.416 e. The van der Waals surface area contributed by atoms with E-state index in [1.54, 1.807) is 17.8 Å². The summed E-state index contributed by atoms with van der Waals surface area (Å²) in [6.45, 7) is 0. The summed E-state index contributed by atoms with van der Waals surface area (Å²) in [5, 5.41) is 10.4. The van der Waals surface area contributed by atoms with Gasteiger partial charge in [0.2, 0.25) is 0 Å². The zero-order chi connectivity index (χ0) is 12.5. The Hall–Kier alpha value is -0.680. The third-order valence-electron chi connectivity index (χ3n) is 3.05. The van der Waals surface area contributed by atoms with E-state index in [9.17, 15) is 18.3 Å². The lowest BCUT2D eigenvalue weighted by Gasteiger charge is -2.32. The van der Waals surface area contributed by atoms with Gasteiger partial charge in [0.25, 0.3) is 0 Å². The van der Waals surface area contributed by atoms with Crippen LogP contribution in [0.2, 0.25) is 0 Å². The maximum Gasteiger partial charge on any atom is 0.416 e. The van der Waals surface area contributed by atoms with E-state index < -0.39 is 17.3 Å². The Labute approximate surface area is 102 Å². The van der Waals surface area contributed by atoms with Crippen molar-refractivity contribution in [3.8, 4) is 0 Å². The van der Waals surface area contributed by atoms with Crippen LogP contribution in [-0.4, -0.2) is 16.6 Å². The van der Waals surface area contributed by atoms with Crippen LogP contribution in [0.15, 0.2) is 24.3 Å². The summed E-state index contributed by atoms with van der Waals surface area (Å²) in [6.07, 6.45) is -3.33. The molecule has 1 aliphatic rings. The molecule has 0 atom stereocenters. The molecule has 0 bridgehead atoms. The highest BCUT2D eigenvalue weighted by Gasteiger charge is 2.35. The Bertz CT molecular complexity index is 397. The molecule has 0 aliphatic carbocycles. The van der Waals surface area contributed by atoms with Crippen LogP contribution in [0.1, 0.15) is 24.0 Å². The highest BCUT2D eigenvalue weighted by Crippen LogP contribution is 2.38. The van der Waals surface area contributed by atoms with Crippen molar-refractivity contribution in [2.45, 2.75) is 24.6 Å². The van der Waals surface area contributed by atoms with Crippen LogP contribution in [-0.2, 0) is 11.8 Å². The van der Waals surface area contributed by atoms with E-state index in [-0.39, 0.29) is 0 Å². The second-order valence-electron chi connectivity index (χ2n) is 4.22. The number of benzene rings is 1. The molecule has 1 aromatic rings. The van der Waals surface area contributed by atoms with Gasteiger partial charge >= 0.3 is 6.18 Å². The van der Waals surface area contributed by atoms with E-state index in [4.69, 9.17) is 0 Å². The van der Waals surface area contributed by atoms with Crippen molar-refractivity contribution in [3.63, 3.8) is 0 Å². The summed E-state index contributed by atoms with van der Waals surface area (Å²) < 4.78 is 37.7. The van der Waals surface area contributed by atoms with Gasteiger partial charge in [-0.2, -0.15) is 24.9 Å². The smallest absolute Gasteiger partial charge is 0.385 e. The minimum atomic E-state index is -4.35. The number of alkyl halides is 3. The average Bonchev–Trinajstić information content (AvgIpc) is 2.29. The van der Waals surface area contributed by atoms with Gasteiger partial charge in [0.1, 0.15) is 0 Å². The van der Waals surface area contributed by atoms with Gasteiger partial charge in [-0.15, -0.1) is 0 Å². The van der Waals surface area contributed by atoms with E-state index in [0.717, 1.165) is 23.6 Å². The standard InChI is InChI=1S/C12H13F3OS/c13-12(14,15)10-3-1-2-9(8-10)11(16)4-6-17-7-5-11/h1-3,8,16H,4-7H2. The minimum absolute atomic E-state index is 0.382. The monoisotopic (exact) mass is 262 g/mol. The Balaban J connectivity index is 2.32. The van der Waals surface area contributed by atoms with Gasteiger partial charge in [-0.1, -0.05) is 12.1 Å². The number of hydrogen-bond acceptors (Lipinski definition) is 2. The second kappa shape index (κ2) is 4.53.